The molecule has 0 radical (unpaired) electrons. The van der Waals surface area contributed by atoms with E-state index in [0.717, 1.165) is 31.4 Å². The summed E-state index contributed by atoms with van der Waals surface area (Å²) in [6, 6.07) is 6.35. The zero-order valence-corrected chi connectivity index (χ0v) is 13.6. The fourth-order valence-corrected chi connectivity index (χ4v) is 3.53. The summed E-state index contributed by atoms with van der Waals surface area (Å²) in [4.78, 5) is 14.0. The van der Waals surface area contributed by atoms with Crippen LogP contribution in [0.1, 0.15) is 43.7 Å². The first-order chi connectivity index (χ1) is 9.84. The molecule has 2 rings (SSSR count). The molecule has 21 heavy (non-hydrogen) atoms. The normalized spacial score (nSPS) is 25.6. The van der Waals surface area contributed by atoms with Crippen LogP contribution in [0.15, 0.2) is 18.2 Å². The summed E-state index contributed by atoms with van der Waals surface area (Å²) < 4.78 is 0. The average Bonchev–Trinajstić information content (AvgIpc) is 2.41. The first-order valence-corrected chi connectivity index (χ1v) is 7.86. The molecule has 0 unspecified atom stereocenters. The highest BCUT2D eigenvalue weighted by Gasteiger charge is 2.42. The van der Waals surface area contributed by atoms with Crippen molar-refractivity contribution in [2.45, 2.75) is 46.5 Å². The number of aliphatic carboxylic acids is 1. The van der Waals surface area contributed by atoms with Crippen LogP contribution in [0.5, 0.6) is 0 Å². The third kappa shape index (κ3) is 3.39. The Hall–Kier alpha value is -1.51. The van der Waals surface area contributed by atoms with Gasteiger partial charge in [-0.15, -0.1) is 0 Å². The summed E-state index contributed by atoms with van der Waals surface area (Å²) in [7, 11) is 2.01. The minimum absolute atomic E-state index is 0.585. The number of anilines is 1. The van der Waals surface area contributed by atoms with Crippen molar-refractivity contribution in [3.05, 3.63) is 29.3 Å². The molecule has 1 N–H and O–H groups in total. The number of nitrogens with zero attached hydrogens (tertiary/aromatic N) is 1. The van der Waals surface area contributed by atoms with Gasteiger partial charge in [-0.05, 0) is 57.1 Å². The topological polar surface area (TPSA) is 40.5 Å². The fourth-order valence-electron chi connectivity index (χ4n) is 3.53. The number of carboxylic acids is 1. The standard InChI is InChI=1S/C18H27NO2/c1-13-7-9-18(10-8-13,17(20)21)12-19(4)16-6-5-14(2)11-15(16)3/h5-6,11,13H,7-10,12H2,1-4H3,(H,20,21). The lowest BCUT2D eigenvalue weighted by molar-refractivity contribution is -0.150. The first kappa shape index (κ1) is 15.9. The smallest absolute Gasteiger partial charge is 0.311 e. The Morgan fingerprint density at radius 3 is 2.48 bits per heavy atom. The predicted molar refractivity (Wildman–Crippen MR) is 86.9 cm³/mol. The molecule has 1 aliphatic carbocycles. The maximum Gasteiger partial charge on any atom is 0.311 e. The van der Waals surface area contributed by atoms with Gasteiger partial charge in [-0.2, -0.15) is 0 Å². The second-order valence-corrected chi connectivity index (χ2v) is 6.91. The van der Waals surface area contributed by atoms with Gasteiger partial charge in [0.2, 0.25) is 0 Å². The molecule has 116 valence electrons. The number of carboxylic acid groups (broad SMARTS) is 1. The van der Waals surface area contributed by atoms with E-state index in [1.54, 1.807) is 0 Å². The van der Waals surface area contributed by atoms with E-state index in [1.807, 2.05) is 7.05 Å². The van der Waals surface area contributed by atoms with Gasteiger partial charge in [-0.3, -0.25) is 4.79 Å². The van der Waals surface area contributed by atoms with Crippen LogP contribution in [0, 0.1) is 25.2 Å². The van der Waals surface area contributed by atoms with Crippen LogP contribution in [0.3, 0.4) is 0 Å². The van der Waals surface area contributed by atoms with Crippen LogP contribution in [0.4, 0.5) is 5.69 Å². The Morgan fingerprint density at radius 2 is 1.95 bits per heavy atom. The van der Waals surface area contributed by atoms with Gasteiger partial charge in [0, 0.05) is 19.3 Å². The summed E-state index contributed by atoms with van der Waals surface area (Å²) in [5.41, 5.74) is 3.00. The molecule has 1 aliphatic rings. The number of benzene rings is 1. The molecule has 0 aliphatic heterocycles. The van der Waals surface area contributed by atoms with E-state index < -0.39 is 11.4 Å². The number of hydrogen-bond donors (Lipinski definition) is 1. The fraction of sp³-hybridized carbons (Fsp3) is 0.611. The molecule has 0 heterocycles. The van der Waals surface area contributed by atoms with Crippen molar-refractivity contribution in [1.82, 2.24) is 0 Å². The quantitative estimate of drug-likeness (QED) is 0.910. The molecule has 0 aromatic heterocycles. The minimum atomic E-state index is -0.633. The van der Waals surface area contributed by atoms with E-state index in [1.165, 1.54) is 11.1 Å². The van der Waals surface area contributed by atoms with Crippen LogP contribution in [-0.2, 0) is 4.79 Å². The molecule has 3 heteroatoms. The maximum atomic E-state index is 11.9. The number of aryl methyl sites for hydroxylation is 2. The highest BCUT2D eigenvalue weighted by Crippen LogP contribution is 2.40. The summed E-state index contributed by atoms with van der Waals surface area (Å²) in [5, 5.41) is 9.76. The lowest BCUT2D eigenvalue weighted by atomic mass is 9.70. The van der Waals surface area contributed by atoms with Crippen LogP contribution in [-0.4, -0.2) is 24.7 Å². The lowest BCUT2D eigenvalue weighted by Crippen LogP contribution is -2.44. The van der Waals surface area contributed by atoms with E-state index in [4.69, 9.17) is 0 Å². The largest absolute Gasteiger partial charge is 0.481 e. The van der Waals surface area contributed by atoms with Gasteiger partial charge in [0.05, 0.1) is 5.41 Å². The number of rotatable bonds is 4. The van der Waals surface area contributed by atoms with Crippen molar-refractivity contribution in [2.24, 2.45) is 11.3 Å². The average molecular weight is 289 g/mol. The van der Waals surface area contributed by atoms with E-state index in [-0.39, 0.29) is 0 Å². The van der Waals surface area contributed by atoms with E-state index >= 15 is 0 Å². The van der Waals surface area contributed by atoms with Gasteiger partial charge in [-0.25, -0.2) is 0 Å². The van der Waals surface area contributed by atoms with Crippen LogP contribution in [0.2, 0.25) is 0 Å². The van der Waals surface area contributed by atoms with Gasteiger partial charge in [0.1, 0.15) is 0 Å². The van der Waals surface area contributed by atoms with Crippen molar-refractivity contribution in [2.75, 3.05) is 18.5 Å². The third-order valence-corrected chi connectivity index (χ3v) is 4.99. The Balaban J connectivity index is 2.19. The molecule has 0 saturated heterocycles. The van der Waals surface area contributed by atoms with Gasteiger partial charge >= 0.3 is 5.97 Å². The highest BCUT2D eigenvalue weighted by molar-refractivity contribution is 5.76. The molecule has 0 bridgehead atoms. The zero-order chi connectivity index (χ0) is 15.6. The van der Waals surface area contributed by atoms with E-state index in [0.29, 0.717) is 12.5 Å². The van der Waals surface area contributed by atoms with Crippen LogP contribution >= 0.6 is 0 Å². The first-order valence-electron chi connectivity index (χ1n) is 7.86. The zero-order valence-electron chi connectivity index (χ0n) is 13.6. The molecular weight excluding hydrogens is 262 g/mol. The summed E-state index contributed by atoms with van der Waals surface area (Å²) in [6.45, 7) is 6.99. The molecule has 1 aromatic rings. The maximum absolute atomic E-state index is 11.9. The van der Waals surface area contributed by atoms with E-state index in [9.17, 15) is 9.90 Å². The van der Waals surface area contributed by atoms with Gasteiger partial charge in [0.25, 0.3) is 0 Å². The van der Waals surface area contributed by atoms with Gasteiger partial charge in [-0.1, -0.05) is 24.6 Å². The molecule has 1 saturated carbocycles. The molecule has 1 aromatic carbocycles. The van der Waals surface area contributed by atoms with Crippen molar-refractivity contribution in [3.63, 3.8) is 0 Å². The Labute approximate surface area is 128 Å². The molecular formula is C18H27NO2. The SMILES string of the molecule is Cc1ccc(N(C)CC2(C(=O)O)CCC(C)CC2)c(C)c1. The summed E-state index contributed by atoms with van der Waals surface area (Å²) in [5.74, 6) is 0.0231. The number of hydrogen-bond acceptors (Lipinski definition) is 2. The molecule has 0 atom stereocenters. The summed E-state index contributed by atoms with van der Waals surface area (Å²) >= 11 is 0. The van der Waals surface area contributed by atoms with Crippen LogP contribution in [0.25, 0.3) is 0 Å². The van der Waals surface area contributed by atoms with Crippen molar-refractivity contribution < 1.29 is 9.90 Å². The highest BCUT2D eigenvalue weighted by atomic mass is 16.4. The van der Waals surface area contributed by atoms with Gasteiger partial charge in [0.15, 0.2) is 0 Å². The van der Waals surface area contributed by atoms with Crippen LogP contribution < -0.4 is 4.90 Å². The Kier molecular flexibility index (Phi) is 4.60. The molecule has 3 nitrogen and oxygen atoms in total. The minimum Gasteiger partial charge on any atom is -0.481 e. The Bertz CT molecular complexity index is 516. The molecule has 0 amide bonds. The second-order valence-electron chi connectivity index (χ2n) is 6.91. The lowest BCUT2D eigenvalue weighted by Gasteiger charge is -2.39. The third-order valence-electron chi connectivity index (χ3n) is 4.99. The molecule has 0 spiro atoms. The monoisotopic (exact) mass is 289 g/mol. The predicted octanol–water partition coefficient (Wildman–Crippen LogP) is 4.02. The second kappa shape index (κ2) is 6.08. The van der Waals surface area contributed by atoms with Gasteiger partial charge < -0.3 is 10.0 Å². The van der Waals surface area contributed by atoms with Crippen molar-refractivity contribution >= 4 is 11.7 Å². The Morgan fingerprint density at radius 1 is 1.33 bits per heavy atom. The molecule has 1 fully saturated rings. The number of carbonyl (C=O) groups is 1. The van der Waals surface area contributed by atoms with Crippen molar-refractivity contribution in [3.8, 4) is 0 Å². The summed E-state index contributed by atoms with van der Waals surface area (Å²) in [6.07, 6.45) is 3.62. The van der Waals surface area contributed by atoms with E-state index in [2.05, 4.69) is 43.9 Å². The van der Waals surface area contributed by atoms with Crippen molar-refractivity contribution in [1.29, 1.82) is 0 Å².